The Morgan fingerprint density at radius 1 is 1.47 bits per heavy atom. The topological polar surface area (TPSA) is 44.1 Å². The zero-order valence-electron chi connectivity index (χ0n) is 11.3. The molecule has 0 bridgehead atoms. The minimum atomic E-state index is -0.167. The van der Waals surface area contributed by atoms with Crippen LogP contribution >= 0.6 is 0 Å². The van der Waals surface area contributed by atoms with Crippen molar-refractivity contribution in [3.8, 4) is 0 Å². The van der Waals surface area contributed by atoms with E-state index in [1.807, 2.05) is 0 Å². The fourth-order valence-electron chi connectivity index (χ4n) is 2.47. The number of benzene rings is 1. The molecule has 4 nitrogen and oxygen atoms in total. The Morgan fingerprint density at radius 2 is 2.26 bits per heavy atom. The van der Waals surface area contributed by atoms with Crippen LogP contribution in [-0.2, 0) is 23.0 Å². The van der Waals surface area contributed by atoms with Crippen LogP contribution in [0.2, 0.25) is 0 Å². The Hall–Kier alpha value is -1.84. The lowest BCUT2D eigenvalue weighted by Gasteiger charge is -2.02. The third-order valence-corrected chi connectivity index (χ3v) is 3.77. The van der Waals surface area contributed by atoms with E-state index >= 15 is 0 Å². The van der Waals surface area contributed by atoms with Crippen LogP contribution in [0.5, 0.6) is 0 Å². The number of aryl methyl sites for hydroxylation is 2. The summed E-state index contributed by atoms with van der Waals surface area (Å²) >= 11 is 0. The SMILES string of the molecule is COC(=O)CCc1ccc2c(c1)nc(C1CC1)n2C. The van der Waals surface area contributed by atoms with Crippen molar-refractivity contribution < 1.29 is 9.53 Å². The molecule has 1 aliphatic carbocycles. The monoisotopic (exact) mass is 258 g/mol. The van der Waals surface area contributed by atoms with E-state index in [9.17, 15) is 4.79 Å². The molecule has 1 aliphatic rings. The van der Waals surface area contributed by atoms with E-state index in [1.54, 1.807) is 0 Å². The quantitative estimate of drug-likeness (QED) is 0.792. The van der Waals surface area contributed by atoms with Gasteiger partial charge in [-0.25, -0.2) is 4.98 Å². The van der Waals surface area contributed by atoms with Crippen molar-refractivity contribution in [2.24, 2.45) is 7.05 Å². The number of carbonyl (C=O) groups is 1. The number of aromatic nitrogens is 2. The largest absolute Gasteiger partial charge is 0.469 e. The van der Waals surface area contributed by atoms with E-state index in [1.165, 1.54) is 31.3 Å². The van der Waals surface area contributed by atoms with Gasteiger partial charge in [-0.15, -0.1) is 0 Å². The van der Waals surface area contributed by atoms with Gasteiger partial charge in [0, 0.05) is 19.4 Å². The molecule has 1 saturated carbocycles. The van der Waals surface area contributed by atoms with Gasteiger partial charge in [0.05, 0.1) is 18.1 Å². The van der Waals surface area contributed by atoms with Gasteiger partial charge in [-0.1, -0.05) is 6.07 Å². The fraction of sp³-hybridized carbons (Fsp3) is 0.467. The summed E-state index contributed by atoms with van der Waals surface area (Å²) in [5.74, 6) is 1.68. The lowest BCUT2D eigenvalue weighted by Crippen LogP contribution is -2.01. The summed E-state index contributed by atoms with van der Waals surface area (Å²) in [5.41, 5.74) is 3.34. The highest BCUT2D eigenvalue weighted by atomic mass is 16.5. The number of fused-ring (bicyclic) bond motifs is 1. The molecule has 1 heterocycles. The minimum absolute atomic E-state index is 0.167. The molecule has 4 heteroatoms. The van der Waals surface area contributed by atoms with Crippen molar-refractivity contribution in [3.63, 3.8) is 0 Å². The van der Waals surface area contributed by atoms with Crippen molar-refractivity contribution in [1.29, 1.82) is 0 Å². The third-order valence-electron chi connectivity index (χ3n) is 3.77. The van der Waals surface area contributed by atoms with E-state index in [4.69, 9.17) is 4.98 Å². The second-order valence-corrected chi connectivity index (χ2v) is 5.20. The van der Waals surface area contributed by atoms with Crippen molar-refractivity contribution in [2.45, 2.75) is 31.6 Å². The Labute approximate surface area is 112 Å². The average molecular weight is 258 g/mol. The minimum Gasteiger partial charge on any atom is -0.469 e. The maximum Gasteiger partial charge on any atom is 0.305 e. The predicted octanol–water partition coefficient (Wildman–Crippen LogP) is 2.56. The molecule has 2 aromatic rings. The number of esters is 1. The van der Waals surface area contributed by atoms with Crippen molar-refractivity contribution in [2.75, 3.05) is 7.11 Å². The summed E-state index contributed by atoms with van der Waals surface area (Å²) in [5, 5.41) is 0. The Kier molecular flexibility index (Phi) is 3.01. The second-order valence-electron chi connectivity index (χ2n) is 5.20. The number of carbonyl (C=O) groups excluding carboxylic acids is 1. The molecular formula is C15H18N2O2. The van der Waals surface area contributed by atoms with Gasteiger partial charge < -0.3 is 9.30 Å². The zero-order valence-corrected chi connectivity index (χ0v) is 11.3. The summed E-state index contributed by atoms with van der Waals surface area (Å²) in [6, 6.07) is 6.26. The van der Waals surface area contributed by atoms with Gasteiger partial charge in [-0.3, -0.25) is 4.79 Å². The van der Waals surface area contributed by atoms with Crippen LogP contribution in [0.3, 0.4) is 0 Å². The molecule has 19 heavy (non-hydrogen) atoms. The van der Waals surface area contributed by atoms with Gasteiger partial charge in [0.1, 0.15) is 5.82 Å². The first-order chi connectivity index (χ1) is 9.19. The highest BCUT2D eigenvalue weighted by Crippen LogP contribution is 2.40. The molecule has 0 unspecified atom stereocenters. The van der Waals surface area contributed by atoms with Gasteiger partial charge >= 0.3 is 5.97 Å². The zero-order chi connectivity index (χ0) is 13.4. The molecule has 1 fully saturated rings. The number of imidazole rings is 1. The smallest absolute Gasteiger partial charge is 0.305 e. The Bertz CT molecular complexity index is 626. The van der Waals surface area contributed by atoms with Crippen molar-refractivity contribution >= 4 is 17.0 Å². The standard InChI is InChI=1S/C15H18N2O2/c1-17-13-7-3-10(4-8-14(18)19-2)9-12(13)16-15(17)11-5-6-11/h3,7,9,11H,4-6,8H2,1-2H3. The molecule has 0 atom stereocenters. The first kappa shape index (κ1) is 12.2. The Balaban J connectivity index is 1.86. The number of hydrogen-bond acceptors (Lipinski definition) is 3. The molecule has 0 aliphatic heterocycles. The van der Waals surface area contributed by atoms with Gasteiger partial charge in [0.25, 0.3) is 0 Å². The Morgan fingerprint density at radius 3 is 2.95 bits per heavy atom. The van der Waals surface area contributed by atoms with Crippen LogP contribution in [-0.4, -0.2) is 22.6 Å². The molecule has 100 valence electrons. The number of ether oxygens (including phenoxy) is 1. The van der Waals surface area contributed by atoms with E-state index in [0.29, 0.717) is 18.8 Å². The highest BCUT2D eigenvalue weighted by Gasteiger charge is 2.28. The predicted molar refractivity (Wildman–Crippen MR) is 73.0 cm³/mol. The number of hydrogen-bond donors (Lipinski definition) is 0. The molecule has 0 radical (unpaired) electrons. The van der Waals surface area contributed by atoms with Crippen LogP contribution < -0.4 is 0 Å². The van der Waals surface area contributed by atoms with Crippen LogP contribution in [0.25, 0.3) is 11.0 Å². The number of rotatable bonds is 4. The maximum atomic E-state index is 11.2. The maximum absolute atomic E-state index is 11.2. The summed E-state index contributed by atoms with van der Waals surface area (Å²) < 4.78 is 6.86. The molecule has 0 spiro atoms. The summed E-state index contributed by atoms with van der Waals surface area (Å²) in [6.45, 7) is 0. The first-order valence-corrected chi connectivity index (χ1v) is 6.71. The van der Waals surface area contributed by atoms with Gasteiger partial charge in [0.15, 0.2) is 0 Å². The lowest BCUT2D eigenvalue weighted by atomic mass is 10.1. The van der Waals surface area contributed by atoms with Crippen molar-refractivity contribution in [3.05, 3.63) is 29.6 Å². The molecule has 0 amide bonds. The average Bonchev–Trinajstić information content (AvgIpc) is 3.21. The summed E-state index contributed by atoms with van der Waals surface area (Å²) in [4.78, 5) is 15.9. The van der Waals surface area contributed by atoms with E-state index in [0.717, 1.165) is 11.1 Å². The van der Waals surface area contributed by atoms with Crippen LogP contribution in [0, 0.1) is 0 Å². The van der Waals surface area contributed by atoms with E-state index in [2.05, 4.69) is 34.6 Å². The molecule has 0 saturated heterocycles. The first-order valence-electron chi connectivity index (χ1n) is 6.71. The van der Waals surface area contributed by atoms with Gasteiger partial charge in [-0.05, 0) is 37.0 Å². The third kappa shape index (κ3) is 2.35. The molecule has 3 rings (SSSR count). The van der Waals surface area contributed by atoms with Crippen LogP contribution in [0.1, 0.15) is 36.6 Å². The van der Waals surface area contributed by atoms with Crippen LogP contribution in [0.15, 0.2) is 18.2 Å². The van der Waals surface area contributed by atoms with E-state index < -0.39 is 0 Å². The van der Waals surface area contributed by atoms with Crippen molar-refractivity contribution in [1.82, 2.24) is 9.55 Å². The van der Waals surface area contributed by atoms with Gasteiger partial charge in [0.2, 0.25) is 0 Å². The fourth-order valence-corrected chi connectivity index (χ4v) is 2.47. The van der Waals surface area contributed by atoms with Crippen LogP contribution in [0.4, 0.5) is 0 Å². The summed E-state index contributed by atoms with van der Waals surface area (Å²) in [6.07, 6.45) is 3.64. The second kappa shape index (κ2) is 4.68. The molecule has 1 aromatic heterocycles. The number of methoxy groups -OCH3 is 1. The molecular weight excluding hydrogens is 240 g/mol. The number of nitrogens with zero attached hydrogens (tertiary/aromatic N) is 2. The molecule has 1 aromatic carbocycles. The summed E-state index contributed by atoms with van der Waals surface area (Å²) in [7, 11) is 3.50. The molecule has 0 N–H and O–H groups in total. The lowest BCUT2D eigenvalue weighted by molar-refractivity contribution is -0.140. The normalized spacial score (nSPS) is 14.8. The van der Waals surface area contributed by atoms with E-state index in [-0.39, 0.29) is 5.97 Å². The highest BCUT2D eigenvalue weighted by molar-refractivity contribution is 5.77. The van der Waals surface area contributed by atoms with Gasteiger partial charge in [-0.2, -0.15) is 0 Å².